The molecule has 1 aliphatic rings. The molecule has 2 atom stereocenters. The summed E-state index contributed by atoms with van der Waals surface area (Å²) in [4.78, 5) is 13.7. The fourth-order valence-corrected chi connectivity index (χ4v) is 4.88. The number of benzene rings is 4. The molecule has 1 aliphatic carbocycles. The molecule has 0 radical (unpaired) electrons. The van der Waals surface area contributed by atoms with Crippen molar-refractivity contribution in [2.24, 2.45) is 5.92 Å². The molecule has 2 nitrogen and oxygen atoms in total. The van der Waals surface area contributed by atoms with Crippen LogP contribution in [0.15, 0.2) is 115 Å². The van der Waals surface area contributed by atoms with Crippen LogP contribution in [0, 0.1) is 5.92 Å². The van der Waals surface area contributed by atoms with Gasteiger partial charge in [-0.15, -0.1) is 0 Å². The Morgan fingerprint density at radius 2 is 1.19 bits per heavy atom. The van der Waals surface area contributed by atoms with E-state index in [9.17, 15) is 4.79 Å². The van der Waals surface area contributed by atoms with E-state index in [-0.39, 0.29) is 23.3 Å². The lowest BCUT2D eigenvalue weighted by atomic mass is 9.85. The third kappa shape index (κ3) is 3.83. The second-order valence-electron chi connectivity index (χ2n) is 8.36. The Bertz CT molecular complexity index is 1150. The molecule has 0 aliphatic heterocycles. The summed E-state index contributed by atoms with van der Waals surface area (Å²) in [6.07, 6.45) is 0.801. The molecule has 1 amide bonds. The standard InChI is InChI=1S/C29H24ClNO/c30-25-18-16-22(17-19-25)27(21-10-4-1-5-11-21)31-28(32)26-20-29(26,23-12-6-2-7-13-23)24-14-8-3-9-15-24/h1-19,26-27H,20H2,(H,31,32). The quantitative estimate of drug-likeness (QED) is 0.364. The Morgan fingerprint density at radius 3 is 1.72 bits per heavy atom. The van der Waals surface area contributed by atoms with Crippen LogP contribution < -0.4 is 5.32 Å². The molecular weight excluding hydrogens is 414 g/mol. The zero-order valence-corrected chi connectivity index (χ0v) is 18.4. The van der Waals surface area contributed by atoms with Gasteiger partial charge in [-0.05, 0) is 40.8 Å². The molecule has 0 bridgehead atoms. The molecule has 0 saturated heterocycles. The topological polar surface area (TPSA) is 29.1 Å². The summed E-state index contributed by atoms with van der Waals surface area (Å²) >= 11 is 6.11. The number of amides is 1. The van der Waals surface area contributed by atoms with Crippen LogP contribution in [0.3, 0.4) is 0 Å². The average Bonchev–Trinajstić information content (AvgIpc) is 3.62. The number of halogens is 1. The van der Waals surface area contributed by atoms with Gasteiger partial charge in [-0.25, -0.2) is 0 Å². The monoisotopic (exact) mass is 437 g/mol. The van der Waals surface area contributed by atoms with Gasteiger partial charge in [-0.3, -0.25) is 4.79 Å². The molecule has 2 unspecified atom stereocenters. The van der Waals surface area contributed by atoms with Crippen LogP contribution in [0.1, 0.15) is 34.7 Å². The van der Waals surface area contributed by atoms with E-state index in [4.69, 9.17) is 11.6 Å². The highest BCUT2D eigenvalue weighted by Gasteiger charge is 2.60. The molecule has 4 aromatic carbocycles. The lowest BCUT2D eigenvalue weighted by molar-refractivity contribution is -0.123. The summed E-state index contributed by atoms with van der Waals surface area (Å²) in [5.74, 6) is -0.0488. The molecule has 1 N–H and O–H groups in total. The van der Waals surface area contributed by atoms with Crippen molar-refractivity contribution in [3.8, 4) is 0 Å². The average molecular weight is 438 g/mol. The van der Waals surface area contributed by atoms with Crippen molar-refractivity contribution >= 4 is 17.5 Å². The van der Waals surface area contributed by atoms with Gasteiger partial charge in [0.15, 0.2) is 0 Å². The molecule has 32 heavy (non-hydrogen) atoms. The van der Waals surface area contributed by atoms with Crippen molar-refractivity contribution in [1.82, 2.24) is 5.32 Å². The van der Waals surface area contributed by atoms with Gasteiger partial charge in [0.1, 0.15) is 0 Å². The van der Waals surface area contributed by atoms with Gasteiger partial charge < -0.3 is 5.32 Å². The van der Waals surface area contributed by atoms with E-state index in [0.29, 0.717) is 5.02 Å². The number of hydrogen-bond donors (Lipinski definition) is 1. The Kier molecular flexibility index (Phi) is 5.55. The Labute approximate surface area is 193 Å². The van der Waals surface area contributed by atoms with Crippen LogP contribution in [0.4, 0.5) is 0 Å². The SMILES string of the molecule is O=C(NC(c1ccccc1)c1ccc(Cl)cc1)C1CC1(c1ccccc1)c1ccccc1. The molecule has 1 fully saturated rings. The van der Waals surface area contributed by atoms with Crippen molar-refractivity contribution < 1.29 is 4.79 Å². The molecule has 5 rings (SSSR count). The summed E-state index contributed by atoms with van der Waals surface area (Å²) in [6.45, 7) is 0. The van der Waals surface area contributed by atoms with Crippen LogP contribution in [0.5, 0.6) is 0 Å². The molecule has 0 spiro atoms. The van der Waals surface area contributed by atoms with Crippen LogP contribution in [-0.4, -0.2) is 5.91 Å². The third-order valence-electron chi connectivity index (χ3n) is 6.48. The summed E-state index contributed by atoms with van der Waals surface area (Å²) in [5.41, 5.74) is 4.16. The first-order valence-corrected chi connectivity index (χ1v) is 11.3. The van der Waals surface area contributed by atoms with Crippen molar-refractivity contribution in [2.75, 3.05) is 0 Å². The van der Waals surface area contributed by atoms with E-state index < -0.39 is 0 Å². The summed E-state index contributed by atoms with van der Waals surface area (Å²) in [7, 11) is 0. The van der Waals surface area contributed by atoms with Crippen molar-refractivity contribution in [1.29, 1.82) is 0 Å². The molecular formula is C29H24ClNO. The summed E-state index contributed by atoms with van der Waals surface area (Å²) in [5, 5.41) is 4.02. The molecule has 4 aromatic rings. The van der Waals surface area contributed by atoms with E-state index in [1.54, 1.807) is 0 Å². The van der Waals surface area contributed by atoms with E-state index in [1.165, 1.54) is 11.1 Å². The lowest BCUT2D eigenvalue weighted by Gasteiger charge is -2.23. The van der Waals surface area contributed by atoms with Gasteiger partial charge >= 0.3 is 0 Å². The predicted molar refractivity (Wildman–Crippen MR) is 130 cm³/mol. The Hall–Kier alpha value is -3.36. The molecule has 158 valence electrons. The van der Waals surface area contributed by atoms with E-state index in [2.05, 4.69) is 29.6 Å². The number of carbonyl (C=O) groups excluding carboxylic acids is 1. The Balaban J connectivity index is 1.48. The predicted octanol–water partition coefficient (Wildman–Crippen LogP) is 6.55. The minimum Gasteiger partial charge on any atom is -0.345 e. The number of carbonyl (C=O) groups is 1. The van der Waals surface area contributed by atoms with Gasteiger partial charge in [0.2, 0.25) is 5.91 Å². The minimum absolute atomic E-state index is 0.0708. The van der Waals surface area contributed by atoms with Crippen LogP contribution in [-0.2, 0) is 10.2 Å². The number of rotatable bonds is 6. The van der Waals surface area contributed by atoms with Gasteiger partial charge in [0.05, 0.1) is 12.0 Å². The highest BCUT2D eigenvalue weighted by atomic mass is 35.5. The van der Waals surface area contributed by atoms with Crippen molar-refractivity contribution in [2.45, 2.75) is 17.9 Å². The first-order valence-electron chi connectivity index (χ1n) is 10.9. The third-order valence-corrected chi connectivity index (χ3v) is 6.73. The highest BCUT2D eigenvalue weighted by molar-refractivity contribution is 6.30. The molecule has 0 aromatic heterocycles. The van der Waals surface area contributed by atoms with Gasteiger partial charge in [0.25, 0.3) is 0 Å². The van der Waals surface area contributed by atoms with Crippen molar-refractivity contribution in [3.63, 3.8) is 0 Å². The second kappa shape index (κ2) is 8.64. The van der Waals surface area contributed by atoms with E-state index in [1.807, 2.05) is 91.0 Å². The first-order chi connectivity index (χ1) is 15.7. The zero-order valence-electron chi connectivity index (χ0n) is 17.6. The second-order valence-corrected chi connectivity index (χ2v) is 8.80. The Morgan fingerprint density at radius 1 is 0.719 bits per heavy atom. The van der Waals surface area contributed by atoms with Crippen LogP contribution >= 0.6 is 11.6 Å². The highest BCUT2D eigenvalue weighted by Crippen LogP contribution is 2.59. The maximum atomic E-state index is 13.7. The van der Waals surface area contributed by atoms with E-state index in [0.717, 1.165) is 17.5 Å². The molecule has 0 heterocycles. The fraction of sp³-hybridized carbons (Fsp3) is 0.138. The van der Waals surface area contributed by atoms with Crippen LogP contribution in [0.2, 0.25) is 5.02 Å². The van der Waals surface area contributed by atoms with Crippen LogP contribution in [0.25, 0.3) is 0 Å². The summed E-state index contributed by atoms with van der Waals surface area (Å²) < 4.78 is 0. The largest absolute Gasteiger partial charge is 0.345 e. The van der Waals surface area contributed by atoms with Crippen molar-refractivity contribution in [3.05, 3.63) is 143 Å². The maximum Gasteiger partial charge on any atom is 0.225 e. The smallest absolute Gasteiger partial charge is 0.225 e. The maximum absolute atomic E-state index is 13.7. The fourth-order valence-electron chi connectivity index (χ4n) is 4.76. The van der Waals surface area contributed by atoms with E-state index >= 15 is 0 Å². The lowest BCUT2D eigenvalue weighted by Crippen LogP contribution is -2.33. The minimum atomic E-state index is -0.284. The first kappa shape index (κ1) is 20.5. The summed E-state index contributed by atoms with van der Waals surface area (Å²) in [6, 6.07) is 38.3. The van der Waals surface area contributed by atoms with Gasteiger partial charge in [-0.2, -0.15) is 0 Å². The molecule has 1 saturated carbocycles. The van der Waals surface area contributed by atoms with Gasteiger partial charge in [-0.1, -0.05) is 115 Å². The number of hydrogen-bond acceptors (Lipinski definition) is 1. The number of nitrogens with one attached hydrogen (secondary N) is 1. The van der Waals surface area contributed by atoms with Gasteiger partial charge in [0, 0.05) is 10.4 Å². The normalized spacial score (nSPS) is 17.3. The molecule has 3 heteroatoms. The zero-order chi connectivity index (χ0) is 22.0.